The highest BCUT2D eigenvalue weighted by molar-refractivity contribution is 4.69. The van der Waals surface area contributed by atoms with Gasteiger partial charge in [-0.15, -0.1) is 0 Å². The maximum atomic E-state index is 5.72. The Kier molecular flexibility index (Phi) is 7.87. The van der Waals surface area contributed by atoms with Crippen molar-refractivity contribution in [1.29, 1.82) is 0 Å². The van der Waals surface area contributed by atoms with Gasteiger partial charge in [-0.2, -0.15) is 0 Å². The first-order valence-electron chi connectivity index (χ1n) is 7.30. The van der Waals surface area contributed by atoms with Gasteiger partial charge in [-0.3, -0.25) is 0 Å². The van der Waals surface area contributed by atoms with Crippen LogP contribution >= 0.6 is 0 Å². The Morgan fingerprint density at radius 1 is 1.25 bits per heavy atom. The summed E-state index contributed by atoms with van der Waals surface area (Å²) in [6.45, 7) is 4.18. The van der Waals surface area contributed by atoms with Crippen LogP contribution in [-0.2, 0) is 0 Å². The van der Waals surface area contributed by atoms with Crippen LogP contribution in [0.4, 0.5) is 0 Å². The maximum absolute atomic E-state index is 5.72. The third kappa shape index (κ3) is 5.86. The Morgan fingerprint density at radius 3 is 2.62 bits per heavy atom. The van der Waals surface area contributed by atoms with E-state index in [1.54, 1.807) is 0 Å². The van der Waals surface area contributed by atoms with Gasteiger partial charge in [0.05, 0.1) is 0 Å². The molecule has 1 saturated carbocycles. The maximum Gasteiger partial charge on any atom is 0.0190 e. The van der Waals surface area contributed by atoms with E-state index in [1.807, 2.05) is 0 Å². The van der Waals surface area contributed by atoms with Gasteiger partial charge in [0.15, 0.2) is 0 Å². The second-order valence-corrected chi connectivity index (χ2v) is 5.32. The van der Waals surface area contributed by atoms with Crippen molar-refractivity contribution in [2.75, 3.05) is 13.1 Å². The molecule has 0 aromatic carbocycles. The molecular formula is C14H30N2. The van der Waals surface area contributed by atoms with Crippen LogP contribution in [0.2, 0.25) is 0 Å². The van der Waals surface area contributed by atoms with Crippen LogP contribution in [0.3, 0.4) is 0 Å². The molecule has 2 heteroatoms. The molecule has 0 spiro atoms. The van der Waals surface area contributed by atoms with Crippen LogP contribution in [0.25, 0.3) is 0 Å². The smallest absolute Gasteiger partial charge is 0.0190 e. The molecule has 1 fully saturated rings. The molecule has 0 heterocycles. The van der Waals surface area contributed by atoms with Gasteiger partial charge in [-0.1, -0.05) is 45.4 Å². The zero-order valence-corrected chi connectivity index (χ0v) is 11.0. The lowest BCUT2D eigenvalue weighted by molar-refractivity contribution is 0.327. The third-order valence-corrected chi connectivity index (χ3v) is 3.87. The van der Waals surface area contributed by atoms with E-state index in [9.17, 15) is 0 Å². The quantitative estimate of drug-likeness (QED) is 0.624. The standard InChI is InChI=1S/C14H30N2/c1-2-7-14(12-15)16-11-6-10-13-8-4-3-5-9-13/h13-14,16H,2-12,15H2,1H3/t14-/m0/s1. The summed E-state index contributed by atoms with van der Waals surface area (Å²) in [6, 6.07) is 0.552. The molecular weight excluding hydrogens is 196 g/mol. The highest BCUT2D eigenvalue weighted by Gasteiger charge is 2.12. The van der Waals surface area contributed by atoms with E-state index in [4.69, 9.17) is 5.73 Å². The molecule has 0 bridgehead atoms. The number of rotatable bonds is 8. The SMILES string of the molecule is CCC[C@@H](CN)NCCCC1CCCCC1. The summed E-state index contributed by atoms with van der Waals surface area (Å²) < 4.78 is 0. The molecule has 0 amide bonds. The number of hydrogen-bond acceptors (Lipinski definition) is 2. The summed E-state index contributed by atoms with van der Waals surface area (Å²) in [5.74, 6) is 1.03. The van der Waals surface area contributed by atoms with Crippen LogP contribution in [0.15, 0.2) is 0 Å². The second-order valence-electron chi connectivity index (χ2n) is 5.32. The van der Waals surface area contributed by atoms with Gasteiger partial charge in [0.2, 0.25) is 0 Å². The normalized spacial score (nSPS) is 19.9. The van der Waals surface area contributed by atoms with E-state index in [2.05, 4.69) is 12.2 Å². The van der Waals surface area contributed by atoms with Crippen LogP contribution < -0.4 is 11.1 Å². The van der Waals surface area contributed by atoms with Crippen molar-refractivity contribution in [2.45, 2.75) is 70.8 Å². The van der Waals surface area contributed by atoms with Gasteiger partial charge in [-0.25, -0.2) is 0 Å². The van der Waals surface area contributed by atoms with E-state index in [0.29, 0.717) is 6.04 Å². The van der Waals surface area contributed by atoms with Crippen molar-refractivity contribution in [3.05, 3.63) is 0 Å². The first kappa shape index (κ1) is 14.0. The fourth-order valence-corrected chi connectivity index (χ4v) is 2.82. The highest BCUT2D eigenvalue weighted by atomic mass is 14.9. The van der Waals surface area contributed by atoms with Gasteiger partial charge in [0.25, 0.3) is 0 Å². The number of hydrogen-bond donors (Lipinski definition) is 2. The highest BCUT2D eigenvalue weighted by Crippen LogP contribution is 2.26. The zero-order chi connectivity index (χ0) is 11.6. The van der Waals surface area contributed by atoms with Crippen LogP contribution in [0, 0.1) is 5.92 Å². The van der Waals surface area contributed by atoms with Crippen molar-refractivity contribution < 1.29 is 0 Å². The monoisotopic (exact) mass is 226 g/mol. The Morgan fingerprint density at radius 2 is 2.00 bits per heavy atom. The lowest BCUT2D eigenvalue weighted by Crippen LogP contribution is -2.36. The molecule has 16 heavy (non-hydrogen) atoms. The molecule has 1 atom stereocenters. The zero-order valence-electron chi connectivity index (χ0n) is 11.0. The predicted molar refractivity (Wildman–Crippen MR) is 71.6 cm³/mol. The Bertz CT molecular complexity index is 146. The van der Waals surface area contributed by atoms with Crippen LogP contribution in [-0.4, -0.2) is 19.1 Å². The molecule has 0 aromatic heterocycles. The number of nitrogens with one attached hydrogen (secondary N) is 1. The van der Waals surface area contributed by atoms with Crippen LogP contribution in [0.5, 0.6) is 0 Å². The lowest BCUT2D eigenvalue weighted by atomic mass is 9.86. The van der Waals surface area contributed by atoms with Gasteiger partial charge >= 0.3 is 0 Å². The molecule has 3 N–H and O–H groups in total. The van der Waals surface area contributed by atoms with Crippen molar-refractivity contribution in [3.8, 4) is 0 Å². The summed E-state index contributed by atoms with van der Waals surface area (Å²) in [5, 5.41) is 3.58. The fraction of sp³-hybridized carbons (Fsp3) is 1.00. The van der Waals surface area contributed by atoms with Crippen LogP contribution in [0.1, 0.15) is 64.7 Å². The molecule has 1 rings (SSSR count). The molecule has 0 unspecified atom stereocenters. The lowest BCUT2D eigenvalue weighted by Gasteiger charge is -2.22. The largest absolute Gasteiger partial charge is 0.329 e. The van der Waals surface area contributed by atoms with Crippen molar-refractivity contribution in [2.24, 2.45) is 11.7 Å². The minimum Gasteiger partial charge on any atom is -0.329 e. The average Bonchev–Trinajstić information content (AvgIpc) is 2.34. The first-order valence-corrected chi connectivity index (χ1v) is 7.30. The van der Waals surface area contributed by atoms with Crippen molar-refractivity contribution >= 4 is 0 Å². The molecule has 0 radical (unpaired) electrons. The van der Waals surface area contributed by atoms with Gasteiger partial charge < -0.3 is 11.1 Å². The summed E-state index contributed by atoms with van der Waals surface area (Å²) >= 11 is 0. The van der Waals surface area contributed by atoms with E-state index in [0.717, 1.165) is 12.5 Å². The molecule has 0 aromatic rings. The topological polar surface area (TPSA) is 38.0 Å². The van der Waals surface area contributed by atoms with E-state index in [1.165, 1.54) is 64.3 Å². The average molecular weight is 226 g/mol. The Balaban J connectivity index is 1.97. The summed E-state index contributed by atoms with van der Waals surface area (Å²) in [5.41, 5.74) is 5.72. The molecule has 1 aliphatic carbocycles. The molecule has 96 valence electrons. The van der Waals surface area contributed by atoms with E-state index in [-0.39, 0.29) is 0 Å². The van der Waals surface area contributed by atoms with Gasteiger partial charge in [0.1, 0.15) is 0 Å². The minimum atomic E-state index is 0.552. The third-order valence-electron chi connectivity index (χ3n) is 3.87. The predicted octanol–water partition coefficient (Wildman–Crippen LogP) is 3.06. The Labute approximate surface area is 101 Å². The molecule has 0 saturated heterocycles. The first-order chi connectivity index (χ1) is 7.86. The Hall–Kier alpha value is -0.0800. The number of nitrogens with two attached hydrogens (primary N) is 1. The summed E-state index contributed by atoms with van der Waals surface area (Å²) in [4.78, 5) is 0. The molecule has 0 aliphatic heterocycles. The van der Waals surface area contributed by atoms with Gasteiger partial charge in [-0.05, 0) is 31.7 Å². The molecule has 2 nitrogen and oxygen atoms in total. The van der Waals surface area contributed by atoms with Crippen molar-refractivity contribution in [1.82, 2.24) is 5.32 Å². The summed E-state index contributed by atoms with van der Waals surface area (Å²) in [6.07, 6.45) is 12.6. The van der Waals surface area contributed by atoms with E-state index < -0.39 is 0 Å². The fourth-order valence-electron chi connectivity index (χ4n) is 2.82. The van der Waals surface area contributed by atoms with Gasteiger partial charge in [0, 0.05) is 12.6 Å². The molecule has 1 aliphatic rings. The van der Waals surface area contributed by atoms with Crippen molar-refractivity contribution in [3.63, 3.8) is 0 Å². The van der Waals surface area contributed by atoms with E-state index >= 15 is 0 Å². The second kappa shape index (κ2) is 9.00. The minimum absolute atomic E-state index is 0.552. The summed E-state index contributed by atoms with van der Waals surface area (Å²) in [7, 11) is 0.